The lowest BCUT2D eigenvalue weighted by atomic mass is 10.1. The molecule has 2 aromatic carbocycles. The number of piperazine rings is 1. The second-order valence-electron chi connectivity index (χ2n) is 6.75. The van der Waals surface area contributed by atoms with Gasteiger partial charge in [-0.1, -0.05) is 18.2 Å². The lowest BCUT2D eigenvalue weighted by Crippen LogP contribution is -2.51. The molecule has 0 spiro atoms. The molecule has 0 aliphatic carbocycles. The molecule has 1 saturated heterocycles. The van der Waals surface area contributed by atoms with Gasteiger partial charge in [-0.25, -0.2) is 4.98 Å². The number of methoxy groups -OCH3 is 1. The molecule has 0 atom stereocenters. The van der Waals surface area contributed by atoms with Crippen molar-refractivity contribution in [1.29, 1.82) is 0 Å². The zero-order valence-electron chi connectivity index (χ0n) is 15.9. The average Bonchev–Trinajstić information content (AvgIpc) is 2.78. The van der Waals surface area contributed by atoms with Crippen molar-refractivity contribution in [2.24, 2.45) is 0 Å². The SMILES string of the molecule is COc1cccc(C(=O)N2CCN(C(=O)c3nc4ccccc4c(=O)[nH]3)CC2)c1. The maximum absolute atomic E-state index is 12.8. The van der Waals surface area contributed by atoms with Crippen LogP contribution >= 0.6 is 0 Å². The van der Waals surface area contributed by atoms with Crippen LogP contribution in [0.5, 0.6) is 5.75 Å². The molecule has 1 fully saturated rings. The van der Waals surface area contributed by atoms with Crippen molar-refractivity contribution >= 4 is 22.7 Å². The van der Waals surface area contributed by atoms with Crippen LogP contribution in [0.25, 0.3) is 10.9 Å². The van der Waals surface area contributed by atoms with Crippen LogP contribution in [-0.2, 0) is 0 Å². The van der Waals surface area contributed by atoms with Crippen molar-refractivity contribution < 1.29 is 14.3 Å². The predicted octanol–water partition coefficient (Wildman–Crippen LogP) is 1.53. The summed E-state index contributed by atoms with van der Waals surface area (Å²) in [6, 6.07) is 13.9. The molecule has 1 N–H and O–H groups in total. The molecule has 1 aliphatic rings. The van der Waals surface area contributed by atoms with Gasteiger partial charge in [0.1, 0.15) is 5.75 Å². The fourth-order valence-corrected chi connectivity index (χ4v) is 3.39. The normalized spacial score (nSPS) is 14.1. The average molecular weight is 392 g/mol. The summed E-state index contributed by atoms with van der Waals surface area (Å²) < 4.78 is 5.17. The molecular formula is C21H20N4O4. The predicted molar refractivity (Wildman–Crippen MR) is 107 cm³/mol. The minimum absolute atomic E-state index is 0.0151. The minimum Gasteiger partial charge on any atom is -0.497 e. The van der Waals surface area contributed by atoms with Crippen molar-refractivity contribution in [1.82, 2.24) is 19.8 Å². The Labute approximate surface area is 166 Å². The van der Waals surface area contributed by atoms with Crippen LogP contribution in [0.15, 0.2) is 53.3 Å². The third kappa shape index (κ3) is 3.69. The Bertz CT molecular complexity index is 1130. The van der Waals surface area contributed by atoms with E-state index in [0.717, 1.165) is 0 Å². The third-order valence-electron chi connectivity index (χ3n) is 4.99. The lowest BCUT2D eigenvalue weighted by Gasteiger charge is -2.34. The number of hydrogen-bond donors (Lipinski definition) is 1. The number of fused-ring (bicyclic) bond motifs is 1. The van der Waals surface area contributed by atoms with Crippen molar-refractivity contribution in [3.8, 4) is 5.75 Å². The van der Waals surface area contributed by atoms with E-state index in [0.29, 0.717) is 48.4 Å². The van der Waals surface area contributed by atoms with Gasteiger partial charge in [0.2, 0.25) is 0 Å². The molecule has 2 heterocycles. The Balaban J connectivity index is 1.46. The van der Waals surface area contributed by atoms with Crippen LogP contribution in [0.2, 0.25) is 0 Å². The monoisotopic (exact) mass is 392 g/mol. The Morgan fingerprint density at radius 3 is 2.38 bits per heavy atom. The van der Waals surface area contributed by atoms with Crippen molar-refractivity contribution in [2.45, 2.75) is 0 Å². The quantitative estimate of drug-likeness (QED) is 0.729. The summed E-state index contributed by atoms with van der Waals surface area (Å²) >= 11 is 0. The summed E-state index contributed by atoms with van der Waals surface area (Å²) in [5, 5.41) is 0.442. The number of nitrogens with one attached hydrogen (secondary N) is 1. The highest BCUT2D eigenvalue weighted by Gasteiger charge is 2.27. The molecule has 3 aromatic rings. The second kappa shape index (κ2) is 7.75. The molecule has 8 heteroatoms. The van der Waals surface area contributed by atoms with Gasteiger partial charge in [-0.3, -0.25) is 14.4 Å². The third-order valence-corrected chi connectivity index (χ3v) is 4.99. The van der Waals surface area contributed by atoms with Gasteiger partial charge in [0, 0.05) is 31.7 Å². The Hall–Kier alpha value is -3.68. The first-order chi connectivity index (χ1) is 14.1. The first-order valence-corrected chi connectivity index (χ1v) is 9.28. The number of para-hydroxylation sites is 1. The van der Waals surface area contributed by atoms with Crippen molar-refractivity contribution in [3.05, 3.63) is 70.3 Å². The molecule has 148 valence electrons. The van der Waals surface area contributed by atoms with Crippen LogP contribution in [0.4, 0.5) is 0 Å². The zero-order valence-corrected chi connectivity index (χ0v) is 15.9. The van der Waals surface area contributed by atoms with Gasteiger partial charge < -0.3 is 19.5 Å². The standard InChI is InChI=1S/C21H20N4O4/c1-29-15-6-4-5-14(13-15)20(27)24-9-11-25(12-10-24)21(28)18-22-17-8-3-2-7-16(17)19(26)23-18/h2-8,13H,9-12H2,1H3,(H,22,23,26). The number of aromatic amines is 1. The van der Waals surface area contributed by atoms with Gasteiger partial charge in [-0.2, -0.15) is 0 Å². The molecule has 29 heavy (non-hydrogen) atoms. The molecule has 1 aromatic heterocycles. The first-order valence-electron chi connectivity index (χ1n) is 9.28. The minimum atomic E-state index is -0.346. The van der Waals surface area contributed by atoms with Gasteiger partial charge in [-0.05, 0) is 30.3 Å². The highest BCUT2D eigenvalue weighted by atomic mass is 16.5. The molecule has 2 amide bonds. The van der Waals surface area contributed by atoms with E-state index < -0.39 is 0 Å². The van der Waals surface area contributed by atoms with Crippen LogP contribution in [0.3, 0.4) is 0 Å². The molecule has 8 nitrogen and oxygen atoms in total. The molecule has 1 aliphatic heterocycles. The van der Waals surface area contributed by atoms with E-state index in [2.05, 4.69) is 9.97 Å². The Morgan fingerprint density at radius 1 is 0.966 bits per heavy atom. The molecule has 0 bridgehead atoms. The van der Waals surface area contributed by atoms with Crippen LogP contribution < -0.4 is 10.3 Å². The zero-order chi connectivity index (χ0) is 20.4. The van der Waals surface area contributed by atoms with E-state index in [9.17, 15) is 14.4 Å². The molecule has 0 radical (unpaired) electrons. The van der Waals surface area contributed by atoms with Crippen molar-refractivity contribution in [3.63, 3.8) is 0 Å². The largest absolute Gasteiger partial charge is 0.497 e. The number of carbonyl (C=O) groups is 2. The molecule has 0 unspecified atom stereocenters. The van der Waals surface area contributed by atoms with Crippen molar-refractivity contribution in [2.75, 3.05) is 33.3 Å². The number of ether oxygens (including phenoxy) is 1. The smallest absolute Gasteiger partial charge is 0.289 e. The maximum atomic E-state index is 12.8. The highest BCUT2D eigenvalue weighted by Crippen LogP contribution is 2.16. The van der Waals surface area contributed by atoms with E-state index in [1.807, 2.05) is 0 Å². The first kappa shape index (κ1) is 18.7. The Morgan fingerprint density at radius 2 is 1.66 bits per heavy atom. The van der Waals surface area contributed by atoms with Gasteiger partial charge in [0.25, 0.3) is 17.4 Å². The molecular weight excluding hydrogens is 372 g/mol. The number of amides is 2. The number of nitrogens with zero attached hydrogens (tertiary/aromatic N) is 3. The van der Waals surface area contributed by atoms with E-state index in [1.54, 1.807) is 65.4 Å². The van der Waals surface area contributed by atoms with Crippen LogP contribution in [-0.4, -0.2) is 64.9 Å². The maximum Gasteiger partial charge on any atom is 0.289 e. The second-order valence-corrected chi connectivity index (χ2v) is 6.75. The van der Waals surface area contributed by atoms with E-state index in [-0.39, 0.29) is 23.2 Å². The number of H-pyrrole nitrogens is 1. The van der Waals surface area contributed by atoms with Gasteiger partial charge >= 0.3 is 0 Å². The van der Waals surface area contributed by atoms with E-state index in [1.165, 1.54) is 0 Å². The molecule has 4 rings (SSSR count). The van der Waals surface area contributed by atoms with Crippen LogP contribution in [0, 0.1) is 0 Å². The fraction of sp³-hybridized carbons (Fsp3) is 0.238. The number of benzene rings is 2. The fourth-order valence-electron chi connectivity index (χ4n) is 3.39. The van der Waals surface area contributed by atoms with Gasteiger partial charge in [-0.15, -0.1) is 0 Å². The number of carbonyl (C=O) groups excluding carboxylic acids is 2. The van der Waals surface area contributed by atoms with Crippen LogP contribution in [0.1, 0.15) is 21.0 Å². The summed E-state index contributed by atoms with van der Waals surface area (Å²) in [5.41, 5.74) is 0.682. The summed E-state index contributed by atoms with van der Waals surface area (Å²) in [6.45, 7) is 1.54. The number of aromatic nitrogens is 2. The number of hydrogen-bond acceptors (Lipinski definition) is 5. The van der Waals surface area contributed by atoms with E-state index >= 15 is 0 Å². The highest BCUT2D eigenvalue weighted by molar-refractivity contribution is 5.95. The molecule has 0 saturated carbocycles. The summed E-state index contributed by atoms with van der Waals surface area (Å²) in [5.74, 6) is 0.187. The van der Waals surface area contributed by atoms with Gasteiger partial charge in [0.15, 0.2) is 5.82 Å². The number of rotatable bonds is 3. The topological polar surface area (TPSA) is 95.6 Å². The summed E-state index contributed by atoms with van der Waals surface area (Å²) in [6.07, 6.45) is 0. The summed E-state index contributed by atoms with van der Waals surface area (Å²) in [4.78, 5) is 47.9. The lowest BCUT2D eigenvalue weighted by molar-refractivity contribution is 0.0528. The Kier molecular flexibility index (Phi) is 4.99. The van der Waals surface area contributed by atoms with Gasteiger partial charge in [0.05, 0.1) is 18.0 Å². The van der Waals surface area contributed by atoms with E-state index in [4.69, 9.17) is 4.74 Å². The summed E-state index contributed by atoms with van der Waals surface area (Å²) in [7, 11) is 1.55.